The van der Waals surface area contributed by atoms with Gasteiger partial charge in [0.15, 0.2) is 6.10 Å². The van der Waals surface area contributed by atoms with Gasteiger partial charge in [-0.25, -0.2) is 4.79 Å². The predicted octanol–water partition coefficient (Wildman–Crippen LogP) is 4.39. The summed E-state index contributed by atoms with van der Waals surface area (Å²) < 4.78 is 7.58. The van der Waals surface area contributed by atoms with Gasteiger partial charge in [-0.05, 0) is 77.5 Å². The lowest BCUT2D eigenvalue weighted by atomic mass is 9.97. The fraction of sp³-hybridized carbons (Fsp3) is 0.625. The fourth-order valence-corrected chi connectivity index (χ4v) is 4.25. The van der Waals surface area contributed by atoms with Gasteiger partial charge < -0.3 is 14.2 Å². The van der Waals surface area contributed by atoms with E-state index >= 15 is 0 Å². The number of amides is 1. The van der Waals surface area contributed by atoms with Gasteiger partial charge in [0.05, 0.1) is 0 Å². The second-order valence-corrected chi connectivity index (χ2v) is 8.92. The van der Waals surface area contributed by atoms with E-state index in [1.165, 1.54) is 0 Å². The van der Waals surface area contributed by atoms with Crippen LogP contribution in [-0.2, 0) is 20.9 Å². The van der Waals surface area contributed by atoms with Crippen molar-refractivity contribution < 1.29 is 14.3 Å². The number of likely N-dealkylation sites (tertiary alicyclic amines) is 1. The van der Waals surface area contributed by atoms with Crippen molar-refractivity contribution in [3.05, 3.63) is 28.6 Å². The smallest absolute Gasteiger partial charge is 0.349 e. The number of carbonyl (C=O) groups excluding carboxylic acids is 2. The molecule has 0 aromatic carbocycles. The van der Waals surface area contributed by atoms with Gasteiger partial charge in [-0.1, -0.05) is 13.8 Å². The van der Waals surface area contributed by atoms with Crippen LogP contribution in [0.2, 0.25) is 0 Å². The predicted molar refractivity (Wildman–Crippen MR) is 118 cm³/mol. The van der Waals surface area contributed by atoms with E-state index in [2.05, 4.69) is 18.4 Å². The van der Waals surface area contributed by atoms with E-state index in [0.717, 1.165) is 42.8 Å². The first-order chi connectivity index (χ1) is 14.1. The highest BCUT2D eigenvalue weighted by Crippen LogP contribution is 2.24. The number of hydrogen-bond donors (Lipinski definition) is 0. The number of esters is 1. The Hall–Kier alpha value is -2.55. The highest BCUT2D eigenvalue weighted by Gasteiger charge is 2.33. The number of ether oxygens (including phenoxy) is 1. The molecule has 0 bridgehead atoms. The Labute approximate surface area is 180 Å². The van der Waals surface area contributed by atoms with Crippen LogP contribution in [0, 0.1) is 31.1 Å². The summed E-state index contributed by atoms with van der Waals surface area (Å²) in [6.07, 6.45) is 3.63. The first-order valence-electron chi connectivity index (χ1n) is 10.9. The van der Waals surface area contributed by atoms with Crippen LogP contribution in [0.1, 0.15) is 70.8 Å². The van der Waals surface area contributed by atoms with E-state index in [1.54, 1.807) is 13.0 Å². The van der Waals surface area contributed by atoms with Crippen LogP contribution in [-0.4, -0.2) is 39.5 Å². The molecule has 6 nitrogen and oxygen atoms in total. The highest BCUT2D eigenvalue weighted by molar-refractivity contribution is 5.99. The molecule has 164 valence electrons. The molecule has 0 radical (unpaired) electrons. The Bertz CT molecular complexity index is 850. The number of nitrogens with zero attached hydrogens (tertiary/aromatic N) is 3. The molecule has 1 amide bonds. The molecule has 2 rings (SSSR count). The third-order valence-corrected chi connectivity index (χ3v) is 5.88. The number of piperidine rings is 1. The molecule has 1 fully saturated rings. The minimum atomic E-state index is -0.925. The zero-order valence-electron chi connectivity index (χ0n) is 19.4. The number of aromatic nitrogens is 1. The highest BCUT2D eigenvalue weighted by atomic mass is 16.5. The third-order valence-electron chi connectivity index (χ3n) is 5.88. The minimum absolute atomic E-state index is 0.0980. The summed E-state index contributed by atoms with van der Waals surface area (Å²) in [6.45, 7) is 14.8. The van der Waals surface area contributed by atoms with Crippen molar-refractivity contribution in [1.29, 1.82) is 5.26 Å². The summed E-state index contributed by atoms with van der Waals surface area (Å²) >= 11 is 0. The maximum Gasteiger partial charge on any atom is 0.349 e. The second kappa shape index (κ2) is 9.97. The van der Waals surface area contributed by atoms with Crippen molar-refractivity contribution >= 4 is 18.0 Å². The lowest BCUT2D eigenvalue weighted by Gasteiger charge is -2.40. The van der Waals surface area contributed by atoms with Gasteiger partial charge in [-0.15, -0.1) is 0 Å². The normalized spacial score (nSPS) is 20.8. The van der Waals surface area contributed by atoms with Gasteiger partial charge in [-0.3, -0.25) is 4.79 Å². The molecule has 30 heavy (non-hydrogen) atoms. The first kappa shape index (κ1) is 23.7. The van der Waals surface area contributed by atoms with Gasteiger partial charge in [-0.2, -0.15) is 5.26 Å². The van der Waals surface area contributed by atoms with E-state index < -0.39 is 12.1 Å². The van der Waals surface area contributed by atoms with Crippen molar-refractivity contribution in [3.8, 4) is 6.07 Å². The molecule has 0 unspecified atom stereocenters. The van der Waals surface area contributed by atoms with Gasteiger partial charge in [0.1, 0.15) is 11.6 Å². The van der Waals surface area contributed by atoms with Crippen molar-refractivity contribution in [3.63, 3.8) is 0 Å². The second-order valence-electron chi connectivity index (χ2n) is 8.92. The monoisotopic (exact) mass is 413 g/mol. The van der Waals surface area contributed by atoms with Crippen LogP contribution in [0.4, 0.5) is 0 Å². The number of carbonyl (C=O) groups is 2. The molecular weight excluding hydrogens is 378 g/mol. The lowest BCUT2D eigenvalue weighted by molar-refractivity contribution is -0.159. The average molecular weight is 414 g/mol. The number of rotatable bonds is 6. The van der Waals surface area contributed by atoms with Crippen molar-refractivity contribution in [2.24, 2.45) is 5.92 Å². The van der Waals surface area contributed by atoms with Gasteiger partial charge in [0, 0.05) is 30.0 Å². The van der Waals surface area contributed by atoms with E-state index in [1.807, 2.05) is 44.7 Å². The van der Waals surface area contributed by atoms with E-state index in [9.17, 15) is 14.9 Å². The number of aryl methyl sites for hydroxylation is 1. The Morgan fingerprint density at radius 2 is 1.83 bits per heavy atom. The van der Waals surface area contributed by atoms with Crippen molar-refractivity contribution in [2.75, 3.05) is 0 Å². The summed E-state index contributed by atoms with van der Waals surface area (Å²) in [4.78, 5) is 27.3. The maximum absolute atomic E-state index is 12.9. The summed E-state index contributed by atoms with van der Waals surface area (Å²) in [5, 5.41) is 9.53. The Kier molecular flexibility index (Phi) is 7.89. The van der Waals surface area contributed by atoms with E-state index in [-0.39, 0.29) is 23.6 Å². The zero-order chi connectivity index (χ0) is 22.6. The quantitative estimate of drug-likeness (QED) is 0.394. The summed E-state index contributed by atoms with van der Waals surface area (Å²) in [5.41, 5.74) is 2.80. The number of nitriles is 1. The molecule has 0 spiro atoms. The standard InChI is InChI=1S/C24H35N3O3/c1-15(2)14-26-18(5)11-21(19(26)6)12-22(13-25)24(29)30-20(7)23(28)27-16(3)9-8-10-17(27)4/h11-12,15-17,20H,8-10,14H2,1-7H3/b22-12+/t16-,17-,20+/m0/s1. The molecule has 1 aromatic rings. The topological polar surface area (TPSA) is 75.3 Å². The molecule has 1 aliphatic heterocycles. The van der Waals surface area contributed by atoms with Crippen LogP contribution in [0.5, 0.6) is 0 Å². The molecule has 1 saturated heterocycles. The molecule has 0 saturated carbocycles. The third kappa shape index (κ3) is 5.33. The first-order valence-corrected chi connectivity index (χ1v) is 10.9. The SMILES string of the molecule is Cc1cc(/C=C(\C#N)C(=O)O[C@H](C)C(=O)N2[C@@H](C)CCC[C@@H]2C)c(C)n1CC(C)C. The van der Waals surface area contributed by atoms with E-state index in [0.29, 0.717) is 5.92 Å². The van der Waals surface area contributed by atoms with Crippen molar-refractivity contribution in [1.82, 2.24) is 9.47 Å². The van der Waals surface area contributed by atoms with E-state index in [4.69, 9.17) is 4.74 Å². The van der Waals surface area contributed by atoms with Gasteiger partial charge in [0.2, 0.25) is 0 Å². The largest absolute Gasteiger partial charge is 0.448 e. The molecule has 0 N–H and O–H groups in total. The zero-order valence-corrected chi connectivity index (χ0v) is 19.4. The van der Waals surface area contributed by atoms with Crippen LogP contribution in [0.3, 0.4) is 0 Å². The Balaban J connectivity index is 2.17. The summed E-state index contributed by atoms with van der Waals surface area (Å²) in [5.74, 6) is -0.474. The van der Waals surface area contributed by atoms with Crippen LogP contribution < -0.4 is 0 Å². The molecule has 3 atom stereocenters. The van der Waals surface area contributed by atoms with Gasteiger partial charge >= 0.3 is 5.97 Å². The van der Waals surface area contributed by atoms with Crippen molar-refractivity contribution in [2.45, 2.75) is 92.5 Å². The molecular formula is C24H35N3O3. The molecule has 2 heterocycles. The minimum Gasteiger partial charge on any atom is -0.448 e. The Morgan fingerprint density at radius 3 is 2.37 bits per heavy atom. The van der Waals surface area contributed by atoms with Crippen LogP contribution in [0.25, 0.3) is 6.08 Å². The number of hydrogen-bond acceptors (Lipinski definition) is 4. The summed E-state index contributed by atoms with van der Waals surface area (Å²) in [7, 11) is 0. The van der Waals surface area contributed by atoms with Crippen LogP contribution in [0.15, 0.2) is 11.6 Å². The molecule has 0 aliphatic carbocycles. The lowest BCUT2D eigenvalue weighted by Crippen LogP contribution is -2.51. The fourth-order valence-electron chi connectivity index (χ4n) is 4.25. The molecule has 6 heteroatoms. The van der Waals surface area contributed by atoms with Crippen LogP contribution >= 0.6 is 0 Å². The Morgan fingerprint density at radius 1 is 1.23 bits per heavy atom. The van der Waals surface area contributed by atoms with Gasteiger partial charge in [0.25, 0.3) is 5.91 Å². The average Bonchev–Trinajstić information content (AvgIpc) is 2.92. The maximum atomic E-state index is 12.9. The molecule has 1 aliphatic rings. The molecule has 1 aromatic heterocycles. The summed E-state index contributed by atoms with van der Waals surface area (Å²) in [6, 6.07) is 4.16.